The monoisotopic (exact) mass is 284 g/mol. The number of hydrazine groups is 1. The molecule has 0 radical (unpaired) electrons. The third-order valence-corrected chi connectivity index (χ3v) is 3.22. The molecule has 0 bridgehead atoms. The number of nitrogen functional groups attached to an aromatic ring is 1. The van der Waals surface area contributed by atoms with Crippen molar-refractivity contribution in [3.05, 3.63) is 53.0 Å². The van der Waals surface area contributed by atoms with E-state index in [0.29, 0.717) is 17.9 Å². The predicted octanol–water partition coefficient (Wildman–Crippen LogP) is 1.70. The van der Waals surface area contributed by atoms with Crippen molar-refractivity contribution in [2.24, 2.45) is 5.84 Å². The van der Waals surface area contributed by atoms with Gasteiger partial charge in [0.1, 0.15) is 11.8 Å². The fourth-order valence-corrected chi connectivity index (χ4v) is 2.10. The summed E-state index contributed by atoms with van der Waals surface area (Å²) in [5.74, 6) is 5.44. The van der Waals surface area contributed by atoms with Gasteiger partial charge in [-0.1, -0.05) is 12.1 Å². The Morgan fingerprint density at radius 1 is 1.48 bits per heavy atom. The second-order valence-corrected chi connectivity index (χ2v) is 4.65. The number of rotatable bonds is 4. The summed E-state index contributed by atoms with van der Waals surface area (Å²) in [6.45, 7) is 2.30. The number of carbonyl (C=O) groups excluding carboxylic acids is 1. The lowest BCUT2D eigenvalue weighted by molar-refractivity contribution is 0.0924. The van der Waals surface area contributed by atoms with Gasteiger partial charge in [0.15, 0.2) is 5.76 Å². The Hall–Kier alpha value is -2.78. The first-order chi connectivity index (χ1) is 10.1. The minimum atomic E-state index is -0.468. The van der Waals surface area contributed by atoms with Gasteiger partial charge in [-0.3, -0.25) is 10.2 Å². The standard InChI is InChI=1S/C15H16N4O2/c1-10-12(7-14(21-10)15(20)18-17)9-19(2)13-6-4-3-5-11(13)8-16/h3-7H,9,17H2,1-2H3,(H,18,20). The highest BCUT2D eigenvalue weighted by atomic mass is 16.4. The summed E-state index contributed by atoms with van der Waals surface area (Å²) in [6.07, 6.45) is 0. The number of nitrogens with one attached hydrogen (secondary N) is 1. The number of hydrogen-bond donors (Lipinski definition) is 2. The molecule has 1 aromatic heterocycles. The Bertz CT molecular complexity index is 700. The largest absolute Gasteiger partial charge is 0.456 e. The molecule has 0 spiro atoms. The number of nitriles is 1. The molecule has 1 aromatic carbocycles. The van der Waals surface area contributed by atoms with Crippen molar-refractivity contribution in [3.63, 3.8) is 0 Å². The highest BCUT2D eigenvalue weighted by Crippen LogP contribution is 2.22. The van der Waals surface area contributed by atoms with Crippen LogP contribution in [0.25, 0.3) is 0 Å². The zero-order valence-corrected chi connectivity index (χ0v) is 11.9. The molecule has 6 nitrogen and oxygen atoms in total. The van der Waals surface area contributed by atoms with Crippen LogP contribution in [0.5, 0.6) is 0 Å². The highest BCUT2D eigenvalue weighted by molar-refractivity contribution is 5.91. The van der Waals surface area contributed by atoms with Gasteiger partial charge in [-0.15, -0.1) is 0 Å². The van der Waals surface area contributed by atoms with Gasteiger partial charge in [0, 0.05) is 19.2 Å². The number of furan rings is 1. The first kappa shape index (κ1) is 14.6. The van der Waals surface area contributed by atoms with Crippen molar-refractivity contribution in [2.75, 3.05) is 11.9 Å². The van der Waals surface area contributed by atoms with Crippen LogP contribution in [0, 0.1) is 18.3 Å². The Labute approximate surface area is 122 Å². The lowest BCUT2D eigenvalue weighted by atomic mass is 10.1. The predicted molar refractivity (Wildman–Crippen MR) is 78.4 cm³/mol. The Morgan fingerprint density at radius 2 is 2.19 bits per heavy atom. The molecule has 0 saturated heterocycles. The number of amides is 1. The maximum absolute atomic E-state index is 11.4. The molecule has 0 fully saturated rings. The van der Waals surface area contributed by atoms with Gasteiger partial charge in [-0.25, -0.2) is 5.84 Å². The average Bonchev–Trinajstić information content (AvgIpc) is 2.87. The summed E-state index contributed by atoms with van der Waals surface area (Å²) >= 11 is 0. The number of hydrogen-bond acceptors (Lipinski definition) is 5. The van der Waals surface area contributed by atoms with E-state index in [9.17, 15) is 4.79 Å². The van der Waals surface area contributed by atoms with Gasteiger partial charge in [0.25, 0.3) is 0 Å². The van der Waals surface area contributed by atoms with Crippen molar-refractivity contribution in [3.8, 4) is 6.07 Å². The van der Waals surface area contributed by atoms with Crippen LogP contribution in [0.4, 0.5) is 5.69 Å². The molecule has 3 N–H and O–H groups in total. The molecule has 0 saturated carbocycles. The summed E-state index contributed by atoms with van der Waals surface area (Å²) < 4.78 is 5.38. The molecule has 0 aliphatic carbocycles. The lowest BCUT2D eigenvalue weighted by Crippen LogP contribution is -2.29. The van der Waals surface area contributed by atoms with Crippen molar-refractivity contribution in [1.82, 2.24) is 5.43 Å². The van der Waals surface area contributed by atoms with Crippen molar-refractivity contribution >= 4 is 11.6 Å². The first-order valence-corrected chi connectivity index (χ1v) is 6.37. The third-order valence-electron chi connectivity index (χ3n) is 3.22. The summed E-state index contributed by atoms with van der Waals surface area (Å²) in [5.41, 5.74) is 4.32. The van der Waals surface area contributed by atoms with Crippen LogP contribution in [-0.4, -0.2) is 13.0 Å². The van der Waals surface area contributed by atoms with Crippen molar-refractivity contribution in [1.29, 1.82) is 5.26 Å². The average molecular weight is 284 g/mol. The molecule has 0 aliphatic rings. The van der Waals surface area contributed by atoms with Crippen molar-refractivity contribution in [2.45, 2.75) is 13.5 Å². The maximum atomic E-state index is 11.4. The van der Waals surface area contributed by atoms with E-state index in [1.54, 1.807) is 19.1 Å². The molecule has 0 aliphatic heterocycles. The van der Waals surface area contributed by atoms with Crippen LogP contribution in [0.2, 0.25) is 0 Å². The highest BCUT2D eigenvalue weighted by Gasteiger charge is 2.15. The summed E-state index contributed by atoms with van der Waals surface area (Å²) in [5, 5.41) is 9.13. The number of carbonyl (C=O) groups is 1. The Kier molecular flexibility index (Phi) is 4.26. The van der Waals surface area contributed by atoms with Gasteiger partial charge in [0.2, 0.25) is 0 Å². The first-order valence-electron chi connectivity index (χ1n) is 6.37. The van der Waals surface area contributed by atoms with Crippen LogP contribution in [0.3, 0.4) is 0 Å². The van der Waals surface area contributed by atoms with Gasteiger partial charge in [-0.2, -0.15) is 5.26 Å². The molecule has 21 heavy (non-hydrogen) atoms. The number of anilines is 1. The molecule has 0 unspecified atom stereocenters. The second kappa shape index (κ2) is 6.11. The molecular formula is C15H16N4O2. The van der Waals surface area contributed by atoms with E-state index in [1.165, 1.54) is 0 Å². The SMILES string of the molecule is Cc1oc(C(=O)NN)cc1CN(C)c1ccccc1C#N. The van der Waals surface area contributed by atoms with E-state index in [2.05, 4.69) is 6.07 Å². The van der Waals surface area contributed by atoms with Gasteiger partial charge in [-0.05, 0) is 25.1 Å². The fraction of sp³-hybridized carbons (Fsp3) is 0.200. The number of para-hydroxylation sites is 1. The number of nitrogens with two attached hydrogens (primary N) is 1. The lowest BCUT2D eigenvalue weighted by Gasteiger charge is -2.19. The van der Waals surface area contributed by atoms with Crippen LogP contribution in [-0.2, 0) is 6.54 Å². The van der Waals surface area contributed by atoms with Crippen LogP contribution in [0.1, 0.15) is 27.4 Å². The quantitative estimate of drug-likeness (QED) is 0.506. The number of nitrogens with zero attached hydrogens (tertiary/aromatic N) is 2. The van der Waals surface area contributed by atoms with Crippen LogP contribution in [0.15, 0.2) is 34.7 Å². The number of benzene rings is 1. The van der Waals surface area contributed by atoms with E-state index < -0.39 is 5.91 Å². The van der Waals surface area contributed by atoms with E-state index in [0.717, 1.165) is 11.3 Å². The summed E-state index contributed by atoms with van der Waals surface area (Å²) in [6, 6.07) is 11.2. The van der Waals surface area contributed by atoms with Crippen LogP contribution < -0.4 is 16.2 Å². The topological polar surface area (TPSA) is 95.3 Å². The summed E-state index contributed by atoms with van der Waals surface area (Å²) in [7, 11) is 1.88. The third kappa shape index (κ3) is 3.04. The van der Waals surface area contributed by atoms with Crippen molar-refractivity contribution < 1.29 is 9.21 Å². The smallest absolute Gasteiger partial charge is 0.300 e. The van der Waals surface area contributed by atoms with Gasteiger partial charge >= 0.3 is 5.91 Å². The molecular weight excluding hydrogens is 268 g/mol. The fourth-order valence-electron chi connectivity index (χ4n) is 2.10. The van der Waals surface area contributed by atoms with E-state index in [1.807, 2.05) is 35.6 Å². The zero-order chi connectivity index (χ0) is 15.4. The summed E-state index contributed by atoms with van der Waals surface area (Å²) in [4.78, 5) is 13.4. The zero-order valence-electron chi connectivity index (χ0n) is 11.9. The molecule has 1 amide bonds. The molecule has 108 valence electrons. The molecule has 2 rings (SSSR count). The normalized spacial score (nSPS) is 10.0. The number of aryl methyl sites for hydroxylation is 1. The van der Waals surface area contributed by atoms with Crippen LogP contribution >= 0.6 is 0 Å². The molecule has 2 aromatic rings. The Morgan fingerprint density at radius 3 is 2.86 bits per heavy atom. The minimum Gasteiger partial charge on any atom is -0.456 e. The Balaban J connectivity index is 2.24. The van der Waals surface area contributed by atoms with Gasteiger partial charge < -0.3 is 9.32 Å². The minimum absolute atomic E-state index is 0.173. The molecule has 0 atom stereocenters. The molecule has 1 heterocycles. The second-order valence-electron chi connectivity index (χ2n) is 4.65. The van der Waals surface area contributed by atoms with E-state index >= 15 is 0 Å². The molecule has 6 heteroatoms. The maximum Gasteiger partial charge on any atom is 0.300 e. The van der Waals surface area contributed by atoms with E-state index in [4.69, 9.17) is 15.5 Å². The van der Waals surface area contributed by atoms with E-state index in [-0.39, 0.29) is 5.76 Å². The van der Waals surface area contributed by atoms with Gasteiger partial charge in [0.05, 0.1) is 11.3 Å².